The Labute approximate surface area is 165 Å². The molecule has 0 spiro atoms. The van der Waals surface area contributed by atoms with E-state index >= 15 is 0 Å². The molecule has 0 saturated heterocycles. The van der Waals surface area contributed by atoms with Crippen LogP contribution >= 0.6 is 0 Å². The van der Waals surface area contributed by atoms with Gasteiger partial charge in [-0.1, -0.05) is 36.4 Å². The van der Waals surface area contributed by atoms with Crippen molar-refractivity contribution in [2.75, 3.05) is 20.7 Å². The second kappa shape index (κ2) is 8.99. The first-order chi connectivity index (χ1) is 13.1. The summed E-state index contributed by atoms with van der Waals surface area (Å²) in [5, 5.41) is 2.75. The number of nitrogens with zero attached hydrogens (tertiary/aromatic N) is 1. The smallest absolute Gasteiger partial charge is 0.338 e. The minimum atomic E-state index is -3.68. The molecule has 0 radical (unpaired) electrons. The van der Waals surface area contributed by atoms with Gasteiger partial charge in [-0.25, -0.2) is 17.5 Å². The average molecular weight is 404 g/mol. The van der Waals surface area contributed by atoms with Crippen LogP contribution < -0.4 is 5.32 Å². The van der Waals surface area contributed by atoms with Crippen LogP contribution in [0.3, 0.4) is 0 Å². The molecule has 2 aromatic rings. The van der Waals surface area contributed by atoms with Gasteiger partial charge in [0.2, 0.25) is 10.0 Å². The first-order valence-corrected chi connectivity index (χ1v) is 10.1. The number of carbonyl (C=O) groups is 2. The summed E-state index contributed by atoms with van der Waals surface area (Å²) in [4.78, 5) is 24.4. The van der Waals surface area contributed by atoms with Gasteiger partial charge in [-0.05, 0) is 37.1 Å². The van der Waals surface area contributed by atoms with Crippen LogP contribution in [0.5, 0.6) is 0 Å². The molecule has 7 nitrogen and oxygen atoms in total. The first kappa shape index (κ1) is 21.6. The zero-order valence-corrected chi connectivity index (χ0v) is 17.1. The van der Waals surface area contributed by atoms with Gasteiger partial charge in [-0.2, -0.15) is 0 Å². The number of amides is 1. The Morgan fingerprint density at radius 2 is 1.75 bits per heavy atom. The van der Waals surface area contributed by atoms with Gasteiger partial charge >= 0.3 is 5.97 Å². The van der Waals surface area contributed by atoms with Crippen molar-refractivity contribution in [3.8, 4) is 0 Å². The van der Waals surface area contributed by atoms with Crippen molar-refractivity contribution in [1.29, 1.82) is 0 Å². The SMILES string of the molecule is Cc1ccc(S(=O)(=O)N(C)C)cc1C(=O)OCC(=O)N[C@@H](C)c1ccccc1. The highest BCUT2D eigenvalue weighted by Gasteiger charge is 2.21. The van der Waals surface area contributed by atoms with Crippen molar-refractivity contribution >= 4 is 21.9 Å². The molecule has 0 unspecified atom stereocenters. The van der Waals surface area contributed by atoms with Crippen LogP contribution in [0.1, 0.15) is 34.5 Å². The maximum atomic E-state index is 12.4. The number of hydrogen-bond acceptors (Lipinski definition) is 5. The highest BCUT2D eigenvalue weighted by molar-refractivity contribution is 7.89. The van der Waals surface area contributed by atoms with Crippen LogP contribution in [0.2, 0.25) is 0 Å². The molecule has 1 amide bonds. The fraction of sp³-hybridized carbons (Fsp3) is 0.300. The molecule has 2 aromatic carbocycles. The monoisotopic (exact) mass is 404 g/mol. The van der Waals surface area contributed by atoms with E-state index in [0.29, 0.717) is 5.56 Å². The molecule has 0 aliphatic carbocycles. The lowest BCUT2D eigenvalue weighted by atomic mass is 10.1. The quantitative estimate of drug-likeness (QED) is 0.715. The van der Waals surface area contributed by atoms with E-state index < -0.39 is 28.5 Å². The molecule has 0 saturated carbocycles. The second-order valence-corrected chi connectivity index (χ2v) is 8.69. The number of benzene rings is 2. The van der Waals surface area contributed by atoms with E-state index in [2.05, 4.69) is 5.32 Å². The Morgan fingerprint density at radius 1 is 1.11 bits per heavy atom. The fourth-order valence-corrected chi connectivity index (χ4v) is 3.44. The zero-order valence-electron chi connectivity index (χ0n) is 16.3. The molecule has 1 atom stereocenters. The van der Waals surface area contributed by atoms with Crippen LogP contribution in [-0.2, 0) is 19.6 Å². The predicted octanol–water partition coefficient (Wildman–Crippen LogP) is 2.28. The predicted molar refractivity (Wildman–Crippen MR) is 105 cm³/mol. The van der Waals surface area contributed by atoms with E-state index in [9.17, 15) is 18.0 Å². The number of sulfonamides is 1. The Bertz CT molecular complexity index is 956. The van der Waals surface area contributed by atoms with Gasteiger partial charge in [-0.15, -0.1) is 0 Å². The van der Waals surface area contributed by atoms with E-state index in [4.69, 9.17) is 4.74 Å². The Kier molecular flexibility index (Phi) is 6.93. The lowest BCUT2D eigenvalue weighted by Gasteiger charge is -2.15. The van der Waals surface area contributed by atoms with Gasteiger partial charge in [0.05, 0.1) is 16.5 Å². The van der Waals surface area contributed by atoms with Crippen LogP contribution in [0.4, 0.5) is 0 Å². The second-order valence-electron chi connectivity index (χ2n) is 6.54. The molecule has 2 rings (SSSR count). The van der Waals surface area contributed by atoms with E-state index in [1.807, 2.05) is 37.3 Å². The average Bonchev–Trinajstić information content (AvgIpc) is 2.66. The summed E-state index contributed by atoms with van der Waals surface area (Å²) in [6, 6.07) is 13.4. The van der Waals surface area contributed by atoms with Crippen LogP contribution in [-0.4, -0.2) is 45.3 Å². The Morgan fingerprint density at radius 3 is 2.36 bits per heavy atom. The van der Waals surface area contributed by atoms with Crippen molar-refractivity contribution in [1.82, 2.24) is 9.62 Å². The fourth-order valence-electron chi connectivity index (χ4n) is 2.51. The number of ether oxygens (including phenoxy) is 1. The Balaban J connectivity index is 2.04. The van der Waals surface area contributed by atoms with Crippen molar-refractivity contribution in [2.24, 2.45) is 0 Å². The van der Waals surface area contributed by atoms with Crippen molar-refractivity contribution in [2.45, 2.75) is 24.8 Å². The molecule has 0 aromatic heterocycles. The van der Waals surface area contributed by atoms with Crippen molar-refractivity contribution in [3.63, 3.8) is 0 Å². The normalized spacial score (nSPS) is 12.5. The molecular weight excluding hydrogens is 380 g/mol. The van der Waals surface area contributed by atoms with Crippen molar-refractivity contribution in [3.05, 3.63) is 65.2 Å². The zero-order chi connectivity index (χ0) is 20.9. The first-order valence-electron chi connectivity index (χ1n) is 8.67. The molecule has 0 fully saturated rings. The van der Waals surface area contributed by atoms with Gasteiger partial charge in [0, 0.05) is 14.1 Å². The summed E-state index contributed by atoms with van der Waals surface area (Å²) in [5.74, 6) is -1.20. The van der Waals surface area contributed by atoms with Crippen LogP contribution in [0.15, 0.2) is 53.4 Å². The third kappa shape index (κ3) is 5.17. The molecule has 1 N–H and O–H groups in total. The number of hydrogen-bond donors (Lipinski definition) is 1. The maximum Gasteiger partial charge on any atom is 0.338 e. The highest BCUT2D eigenvalue weighted by atomic mass is 32.2. The lowest BCUT2D eigenvalue weighted by Crippen LogP contribution is -2.31. The Hall–Kier alpha value is -2.71. The minimum absolute atomic E-state index is 0.0165. The van der Waals surface area contributed by atoms with E-state index in [1.54, 1.807) is 6.92 Å². The summed E-state index contributed by atoms with van der Waals surface area (Å²) < 4.78 is 30.6. The van der Waals surface area contributed by atoms with Gasteiger partial charge in [0.15, 0.2) is 6.61 Å². The maximum absolute atomic E-state index is 12.4. The number of rotatable bonds is 7. The van der Waals surface area contributed by atoms with Crippen molar-refractivity contribution < 1.29 is 22.7 Å². The van der Waals surface area contributed by atoms with E-state index in [1.165, 1.54) is 32.3 Å². The number of aryl methyl sites for hydroxylation is 1. The van der Waals surface area contributed by atoms with Gasteiger partial charge in [0.25, 0.3) is 5.91 Å². The number of nitrogens with one attached hydrogen (secondary N) is 1. The van der Waals surface area contributed by atoms with E-state index in [-0.39, 0.29) is 16.5 Å². The lowest BCUT2D eigenvalue weighted by molar-refractivity contribution is -0.124. The summed E-state index contributed by atoms with van der Waals surface area (Å²) in [7, 11) is -0.865. The molecule has 150 valence electrons. The topological polar surface area (TPSA) is 92.8 Å². The number of carbonyl (C=O) groups excluding carboxylic acids is 2. The van der Waals surface area contributed by atoms with Gasteiger partial charge < -0.3 is 10.1 Å². The molecule has 0 bridgehead atoms. The molecule has 0 heterocycles. The third-order valence-corrected chi connectivity index (χ3v) is 6.03. The van der Waals surface area contributed by atoms with E-state index in [0.717, 1.165) is 9.87 Å². The molecule has 0 aliphatic heterocycles. The number of esters is 1. The molecular formula is C20H24N2O5S. The molecule has 8 heteroatoms. The van der Waals surface area contributed by atoms with Gasteiger partial charge in [-0.3, -0.25) is 4.79 Å². The van der Waals surface area contributed by atoms with Crippen LogP contribution in [0.25, 0.3) is 0 Å². The summed E-state index contributed by atoms with van der Waals surface area (Å²) in [6.45, 7) is 3.04. The summed E-state index contributed by atoms with van der Waals surface area (Å²) >= 11 is 0. The summed E-state index contributed by atoms with van der Waals surface area (Å²) in [6.07, 6.45) is 0. The third-order valence-electron chi connectivity index (χ3n) is 4.22. The largest absolute Gasteiger partial charge is 0.452 e. The minimum Gasteiger partial charge on any atom is -0.452 e. The summed E-state index contributed by atoms with van der Waals surface area (Å²) in [5.41, 5.74) is 1.59. The van der Waals surface area contributed by atoms with Gasteiger partial charge in [0.1, 0.15) is 0 Å². The standard InChI is InChI=1S/C20H24N2O5S/c1-14-10-11-17(28(25,26)22(3)4)12-18(14)20(24)27-13-19(23)21-15(2)16-8-6-5-7-9-16/h5-12,15H,13H2,1-4H3,(H,21,23)/t15-/m0/s1. The molecule has 0 aliphatic rings. The highest BCUT2D eigenvalue weighted by Crippen LogP contribution is 2.19. The van der Waals surface area contributed by atoms with Crippen LogP contribution in [0, 0.1) is 6.92 Å². The molecule has 28 heavy (non-hydrogen) atoms.